The largest absolute Gasteiger partial charge is 0.506 e. The lowest BCUT2D eigenvalue weighted by Crippen LogP contribution is -2.57. The van der Waals surface area contributed by atoms with E-state index in [0.29, 0.717) is 0 Å². The number of carbonyl (C=O) groups is 3. The molecular formula is C28H30O14. The highest BCUT2D eigenvalue weighted by Gasteiger charge is 2.46. The maximum atomic E-state index is 13.3. The predicted molar refractivity (Wildman–Crippen MR) is 137 cm³/mol. The summed E-state index contributed by atoms with van der Waals surface area (Å²) in [4.78, 5) is 39.2. The third-order valence-electron chi connectivity index (χ3n) is 7.85. The molecule has 5 rings (SSSR count). The number of hydrogen-bond donors (Lipinski definition) is 7. The summed E-state index contributed by atoms with van der Waals surface area (Å²) < 4.78 is 21.3. The predicted octanol–water partition coefficient (Wildman–Crippen LogP) is -1.74. The van der Waals surface area contributed by atoms with Gasteiger partial charge in [0.05, 0.1) is 32.0 Å². The van der Waals surface area contributed by atoms with Gasteiger partial charge in [-0.25, -0.2) is 4.79 Å². The highest BCUT2D eigenvalue weighted by atomic mass is 16.7. The number of aromatic hydroxyl groups is 1. The molecule has 0 bridgehead atoms. The van der Waals surface area contributed by atoms with Crippen molar-refractivity contribution in [1.29, 1.82) is 0 Å². The number of aliphatic hydroxyl groups excluding tert-OH is 6. The lowest BCUT2D eigenvalue weighted by molar-refractivity contribution is -0.277. The Kier molecular flexibility index (Phi) is 8.33. The van der Waals surface area contributed by atoms with Gasteiger partial charge in [-0.15, -0.1) is 0 Å². The van der Waals surface area contributed by atoms with Gasteiger partial charge >= 0.3 is 5.97 Å². The number of aliphatic hydroxyl groups is 6. The fraction of sp³-hybridized carbons (Fsp3) is 0.464. The standard InChI is InChI=1S/C28H30O14/c1-39-27(38)18-15(7-13-17(24(18)35)21(32)12-5-3-2-4-11(12)20(13)31)42-16-6-10(19(30)25(36)23(16)34)8-40-28-26(37)22(33)14(29)9-41-28/h2-5,7,10,14,16,19,22-23,25-26,28-30,33-37H,6,8-9H2,1H3/t10-,14+,16-,19-,22-,23+,25+,26-,28+/m1/s1. The van der Waals surface area contributed by atoms with Crippen LogP contribution in [0.4, 0.5) is 0 Å². The Morgan fingerprint density at radius 3 is 2.24 bits per heavy atom. The summed E-state index contributed by atoms with van der Waals surface area (Å²) >= 11 is 0. The Morgan fingerprint density at radius 2 is 1.57 bits per heavy atom. The minimum absolute atomic E-state index is 0.0338. The molecule has 0 amide bonds. The van der Waals surface area contributed by atoms with Gasteiger partial charge < -0.3 is 54.7 Å². The van der Waals surface area contributed by atoms with Crippen LogP contribution in [0.25, 0.3) is 0 Å². The van der Waals surface area contributed by atoms with Gasteiger partial charge in [-0.05, 0) is 12.5 Å². The van der Waals surface area contributed by atoms with Crippen LogP contribution in [0.1, 0.15) is 48.6 Å². The zero-order valence-electron chi connectivity index (χ0n) is 22.2. The SMILES string of the molecule is COC(=O)c1c(O[C@@H]2C[C@H](CO[C@H]3OC[C@H](O)[C@@H](O)[C@H]3O)[C@@H](O)[C@H](O)[C@H]2O)cc2c(c1O)C(=O)c1ccccc1C2=O. The van der Waals surface area contributed by atoms with E-state index >= 15 is 0 Å². The molecule has 2 aromatic rings. The fourth-order valence-corrected chi connectivity index (χ4v) is 5.47. The van der Waals surface area contributed by atoms with Crippen LogP contribution in [0, 0.1) is 5.92 Å². The zero-order chi connectivity index (χ0) is 30.5. The van der Waals surface area contributed by atoms with Gasteiger partial charge in [-0.1, -0.05) is 24.3 Å². The highest BCUT2D eigenvalue weighted by Crippen LogP contribution is 2.42. The van der Waals surface area contributed by atoms with E-state index in [-0.39, 0.29) is 36.3 Å². The van der Waals surface area contributed by atoms with E-state index in [1.165, 1.54) is 12.1 Å². The molecule has 42 heavy (non-hydrogen) atoms. The average Bonchev–Trinajstić information content (AvgIpc) is 2.98. The molecule has 1 saturated carbocycles. The van der Waals surface area contributed by atoms with Gasteiger partial charge in [-0.2, -0.15) is 0 Å². The van der Waals surface area contributed by atoms with E-state index in [1.54, 1.807) is 12.1 Å². The first-order valence-corrected chi connectivity index (χ1v) is 13.1. The van der Waals surface area contributed by atoms with Crippen LogP contribution in [-0.4, -0.2) is 123 Å². The number of hydrogen-bond acceptors (Lipinski definition) is 14. The van der Waals surface area contributed by atoms with Crippen LogP contribution in [-0.2, 0) is 14.2 Å². The average molecular weight is 591 g/mol. The third kappa shape index (κ3) is 5.05. The minimum atomic E-state index is -1.77. The number of methoxy groups -OCH3 is 1. The van der Waals surface area contributed by atoms with Crippen molar-refractivity contribution in [2.24, 2.45) is 5.92 Å². The molecule has 1 aliphatic heterocycles. The molecule has 2 aliphatic carbocycles. The Balaban J connectivity index is 1.44. The number of rotatable bonds is 6. The van der Waals surface area contributed by atoms with Gasteiger partial charge in [0.15, 0.2) is 17.9 Å². The fourth-order valence-electron chi connectivity index (χ4n) is 5.47. The number of phenols is 1. The molecule has 0 spiro atoms. The Bertz CT molecular complexity index is 1390. The highest BCUT2D eigenvalue weighted by molar-refractivity contribution is 6.30. The van der Waals surface area contributed by atoms with Crippen molar-refractivity contribution in [1.82, 2.24) is 0 Å². The maximum absolute atomic E-state index is 13.3. The molecule has 0 unspecified atom stereocenters. The number of benzene rings is 2. The molecule has 14 nitrogen and oxygen atoms in total. The molecule has 3 aliphatic rings. The summed E-state index contributed by atoms with van der Waals surface area (Å²) in [7, 11) is 1.02. The van der Waals surface area contributed by atoms with Crippen molar-refractivity contribution in [3.05, 3.63) is 58.1 Å². The summed E-state index contributed by atoms with van der Waals surface area (Å²) in [5.74, 6) is -4.67. The number of carbonyl (C=O) groups excluding carboxylic acids is 3. The van der Waals surface area contributed by atoms with Gasteiger partial charge in [0.2, 0.25) is 0 Å². The van der Waals surface area contributed by atoms with Crippen LogP contribution in [0.15, 0.2) is 30.3 Å². The van der Waals surface area contributed by atoms with Crippen LogP contribution < -0.4 is 4.74 Å². The summed E-state index contributed by atoms with van der Waals surface area (Å²) in [5.41, 5.74) is -1.16. The summed E-state index contributed by atoms with van der Waals surface area (Å²) in [5, 5.41) is 72.5. The minimum Gasteiger partial charge on any atom is -0.506 e. The van der Waals surface area contributed by atoms with Crippen molar-refractivity contribution in [3.63, 3.8) is 0 Å². The molecule has 2 fully saturated rings. The number of ether oxygens (including phenoxy) is 4. The second kappa shape index (κ2) is 11.7. The molecule has 1 heterocycles. The van der Waals surface area contributed by atoms with Crippen molar-refractivity contribution in [3.8, 4) is 11.5 Å². The molecule has 0 aromatic heterocycles. The summed E-state index contributed by atoms with van der Waals surface area (Å²) in [6.07, 6.45) is -12.4. The quantitative estimate of drug-likeness (QED) is 0.158. The second-order valence-corrected chi connectivity index (χ2v) is 10.4. The third-order valence-corrected chi connectivity index (χ3v) is 7.85. The maximum Gasteiger partial charge on any atom is 0.345 e. The van der Waals surface area contributed by atoms with E-state index < -0.39 is 95.1 Å². The first-order valence-electron chi connectivity index (χ1n) is 13.1. The molecule has 7 N–H and O–H groups in total. The first kappa shape index (κ1) is 30.0. The van der Waals surface area contributed by atoms with Crippen molar-refractivity contribution < 1.29 is 69.1 Å². The van der Waals surface area contributed by atoms with E-state index in [4.69, 9.17) is 18.9 Å². The molecule has 9 atom stereocenters. The molecule has 226 valence electrons. The van der Waals surface area contributed by atoms with Gasteiger partial charge in [0.25, 0.3) is 0 Å². The van der Waals surface area contributed by atoms with Crippen molar-refractivity contribution >= 4 is 17.5 Å². The van der Waals surface area contributed by atoms with Crippen molar-refractivity contribution in [2.45, 2.75) is 55.4 Å². The van der Waals surface area contributed by atoms with E-state index in [9.17, 15) is 50.1 Å². The second-order valence-electron chi connectivity index (χ2n) is 10.4. The molecule has 1 saturated heterocycles. The lowest BCUT2D eigenvalue weighted by atomic mass is 9.80. The van der Waals surface area contributed by atoms with Crippen LogP contribution in [0.5, 0.6) is 11.5 Å². The Labute approximate surface area is 238 Å². The molecule has 0 radical (unpaired) electrons. The Hall–Kier alpha value is -3.47. The monoisotopic (exact) mass is 590 g/mol. The Morgan fingerprint density at radius 1 is 0.905 bits per heavy atom. The number of esters is 1. The first-order chi connectivity index (χ1) is 20.0. The van der Waals surface area contributed by atoms with Crippen LogP contribution in [0.3, 0.4) is 0 Å². The van der Waals surface area contributed by atoms with E-state index in [2.05, 4.69) is 0 Å². The molecule has 14 heteroatoms. The molecular weight excluding hydrogens is 560 g/mol. The van der Waals surface area contributed by atoms with Crippen LogP contribution in [0.2, 0.25) is 0 Å². The lowest BCUT2D eigenvalue weighted by Gasteiger charge is -2.41. The van der Waals surface area contributed by atoms with E-state index in [1.807, 2.05) is 0 Å². The smallest absolute Gasteiger partial charge is 0.345 e. The number of phenolic OH excluding ortho intramolecular Hbond substituents is 1. The topological polar surface area (TPSA) is 230 Å². The molecule has 2 aromatic carbocycles. The van der Waals surface area contributed by atoms with Crippen molar-refractivity contribution in [2.75, 3.05) is 20.3 Å². The zero-order valence-corrected chi connectivity index (χ0v) is 22.2. The number of fused-ring (bicyclic) bond motifs is 2. The van der Waals surface area contributed by atoms with Gasteiger partial charge in [0.1, 0.15) is 53.7 Å². The summed E-state index contributed by atoms with van der Waals surface area (Å²) in [6, 6.07) is 7.02. The van der Waals surface area contributed by atoms with E-state index in [0.717, 1.165) is 13.2 Å². The van der Waals surface area contributed by atoms with Gasteiger partial charge in [0, 0.05) is 22.6 Å². The normalized spacial score (nSPS) is 32.6. The summed E-state index contributed by atoms with van der Waals surface area (Å²) in [6.45, 7) is -0.689. The number of ketones is 2. The van der Waals surface area contributed by atoms with Crippen LogP contribution >= 0.6 is 0 Å². The van der Waals surface area contributed by atoms with Gasteiger partial charge in [-0.3, -0.25) is 9.59 Å².